The molecule has 604 valence electrons. The number of nitrogens with two attached hydrogens (primary N) is 4. The molecule has 0 spiro atoms. The molecule has 0 aromatic carbocycles. The largest absolute Gasteiger partial charge is 2.00 e. The van der Waals surface area contributed by atoms with E-state index in [1.54, 1.807) is 98.1 Å². The van der Waals surface area contributed by atoms with Crippen LogP contribution in [-0.4, -0.2) is 130 Å². The van der Waals surface area contributed by atoms with Crippen molar-refractivity contribution in [3.63, 3.8) is 0 Å². The zero-order valence-corrected chi connectivity index (χ0v) is 58.3. The summed E-state index contributed by atoms with van der Waals surface area (Å²) in [7, 11) is 0. The van der Waals surface area contributed by atoms with Gasteiger partial charge in [0.2, 0.25) is 0 Å². The molecule has 0 aliphatic rings. The summed E-state index contributed by atoms with van der Waals surface area (Å²) in [5, 5.41) is 150. The third-order valence-corrected chi connectivity index (χ3v) is 9.28. The second-order valence-corrected chi connectivity index (χ2v) is 16.1. The maximum Gasteiger partial charge on any atom is 2.00 e. The number of aromatic nitrogens is 12. The molecule has 10 heterocycles. The molecule has 55 nitrogen and oxygen atoms in total. The van der Waals surface area contributed by atoms with Crippen molar-refractivity contribution in [1.29, 1.82) is 0 Å². The molecule has 111 heavy (non-hydrogen) atoms. The van der Waals surface area contributed by atoms with E-state index in [1.165, 1.54) is 0 Å². The number of nitrogens with zero attached hydrogens (tertiary/aromatic N) is 24. The van der Waals surface area contributed by atoms with Gasteiger partial charge in [0.05, 0.1) is 63.5 Å². The minimum Gasteiger partial charge on any atom is -0.457 e. The monoisotopic (exact) mass is 1750 g/mol. The maximum absolute atomic E-state index is 8.25. The Bertz CT molecular complexity index is 3640. The van der Waals surface area contributed by atoms with E-state index in [2.05, 4.69) is 80.7 Å². The number of pyridine rings is 8. The van der Waals surface area contributed by atoms with Crippen molar-refractivity contribution in [3.8, 4) is 45.6 Å². The van der Waals surface area contributed by atoms with Gasteiger partial charge in [0, 0.05) is 49.6 Å². The summed E-state index contributed by atoms with van der Waals surface area (Å²) in [6, 6.07) is 51.8. The Labute approximate surface area is 659 Å². The van der Waals surface area contributed by atoms with Gasteiger partial charge < -0.3 is 162 Å². The molecule has 0 amide bonds. The zero-order chi connectivity index (χ0) is 78.6. The minimum atomic E-state index is -1.75. The predicted molar refractivity (Wildman–Crippen MR) is 373 cm³/mol. The average molecular weight is 1760 g/mol. The second-order valence-electron chi connectivity index (χ2n) is 16.1. The molecule has 10 rings (SSSR count). The maximum atomic E-state index is 8.25. The first-order chi connectivity index (χ1) is 49.3. The summed E-state index contributed by atoms with van der Waals surface area (Å²) in [5.41, 5.74) is 31.4. The Kier molecular flexibility index (Phi) is 72.5. The van der Waals surface area contributed by atoms with Gasteiger partial charge in [-0.2, -0.15) is 0 Å². The molecule has 0 aliphatic carbocycles. The van der Waals surface area contributed by atoms with Gasteiger partial charge in [-0.3, -0.25) is 39.9 Å². The van der Waals surface area contributed by atoms with Gasteiger partial charge in [-0.25, -0.2) is 0 Å². The van der Waals surface area contributed by atoms with Crippen molar-refractivity contribution in [2.24, 2.45) is 43.3 Å². The summed E-state index contributed by atoms with van der Waals surface area (Å²) in [6.07, 6.45) is 13.5. The molecule has 0 saturated carbocycles. The van der Waals surface area contributed by atoms with E-state index in [9.17, 15) is 0 Å². The first kappa shape index (κ1) is 114. The fourth-order valence-electron chi connectivity index (χ4n) is 5.75. The van der Waals surface area contributed by atoms with E-state index in [4.69, 9.17) is 146 Å². The van der Waals surface area contributed by atoms with E-state index in [1.807, 2.05) is 121 Å². The summed E-state index contributed by atoms with van der Waals surface area (Å²) >= 11 is 0. The fraction of sp³-hybridized carbons (Fsp3) is 0. The number of rotatable bonds is 10. The van der Waals surface area contributed by atoms with Crippen LogP contribution in [0.3, 0.4) is 0 Å². The standard InChI is InChI=1S/2C14H10N4.2C12H12N6.4Cu.8NO3.3H2O/c2*1-3-9-15-11(5-1)13-7-8-14(18-17-13)12-6-2-4-10-16-12;2*13-11(9-5-1-3-7-15-9)17-18-12(14)10-6-2-4-8-16-10;;;;;8*2-1(3)4;;;/h2*1-10H;2*1-8H,(H2,13,17)(H2,14,18);;;;;;;;;;;;;3*1H2/q;;;;4*+2;8*-1;;;/p+2. The smallest absolute Gasteiger partial charge is 0.457 e. The summed E-state index contributed by atoms with van der Waals surface area (Å²) < 4.78 is 0. The zero-order valence-electron chi connectivity index (χ0n) is 54.5. The van der Waals surface area contributed by atoms with Gasteiger partial charge in [-0.15, -0.1) is 40.8 Å². The molecule has 59 heteroatoms. The SMILES string of the molecule is N/C(=N\N=C(/N)c1ccccn1)c1ccccn1.N/C(=N\N=C(/N)c1ccccn1)c1ccccn1.O.O=[N+]([O-])[O-].O=[N+]([O-])[O-].O=[N+]([O-])[O-].O=[N+]([O-])[O-].O=[N+]([O-])[O-].O=[N+]([O-])[O-].O=[N+]([O-])[O-].O=[N+]([O-])[O-].[Cu+2].[Cu+2].[Cu+2].[Cu+2].[OH3+].[OH3+].c1ccc(-c2ccc(-c3ccccn3)nn2)nc1.c1ccc(-c2ccc(-c3ccccn3)nn2)nc1. The summed E-state index contributed by atoms with van der Waals surface area (Å²) in [6.45, 7) is 0. The van der Waals surface area contributed by atoms with Crippen LogP contribution in [0.2, 0.25) is 0 Å². The van der Waals surface area contributed by atoms with Crippen LogP contribution in [0.15, 0.2) is 240 Å². The molecule has 0 aliphatic heterocycles. The minimum absolute atomic E-state index is 0. The van der Waals surface area contributed by atoms with Gasteiger partial charge in [-0.1, -0.05) is 48.5 Å². The Morgan fingerprint density at radius 2 is 0.351 bits per heavy atom. The van der Waals surface area contributed by atoms with E-state index in [0.29, 0.717) is 22.8 Å². The molecule has 16 N–H and O–H groups in total. The Hall–Kier alpha value is -15.2. The van der Waals surface area contributed by atoms with Gasteiger partial charge in [0.25, 0.3) is 0 Å². The molecular formula is C52H52Cu4N28O27+2. The molecular weight excluding hydrogens is 1700 g/mol. The van der Waals surface area contributed by atoms with Crippen LogP contribution in [0, 0.1) is 123 Å². The van der Waals surface area contributed by atoms with Gasteiger partial charge in [-0.05, 0) is 121 Å². The van der Waals surface area contributed by atoms with Crippen LogP contribution < -0.4 is 22.9 Å². The van der Waals surface area contributed by atoms with Gasteiger partial charge in [0.15, 0.2) is 23.3 Å². The van der Waals surface area contributed by atoms with Crippen molar-refractivity contribution in [2.75, 3.05) is 0 Å². The molecule has 10 aromatic rings. The second kappa shape index (κ2) is 70.5. The first-order valence-corrected chi connectivity index (χ1v) is 26.1. The van der Waals surface area contributed by atoms with E-state index >= 15 is 0 Å². The molecule has 4 radical (unpaired) electrons. The average Bonchev–Trinajstić information content (AvgIpc) is 0.849. The number of hydrogen-bond acceptors (Lipinski definition) is 40. The van der Waals surface area contributed by atoms with Crippen molar-refractivity contribution in [2.45, 2.75) is 0 Å². The van der Waals surface area contributed by atoms with Crippen molar-refractivity contribution >= 4 is 23.3 Å². The molecule has 0 unspecified atom stereocenters. The van der Waals surface area contributed by atoms with Crippen LogP contribution >= 0.6 is 0 Å². The van der Waals surface area contributed by atoms with Gasteiger partial charge in [0.1, 0.15) is 45.6 Å². The molecule has 0 saturated heterocycles. The van der Waals surface area contributed by atoms with E-state index in [0.717, 1.165) is 45.6 Å². The van der Waals surface area contributed by atoms with Crippen LogP contribution in [0.4, 0.5) is 0 Å². The van der Waals surface area contributed by atoms with Crippen LogP contribution in [0.1, 0.15) is 22.8 Å². The predicted octanol–water partition coefficient (Wildman–Crippen LogP) is 1.61. The third-order valence-electron chi connectivity index (χ3n) is 9.28. The van der Waals surface area contributed by atoms with Gasteiger partial charge >= 0.3 is 68.3 Å². The third kappa shape index (κ3) is 66.5. The van der Waals surface area contributed by atoms with Crippen molar-refractivity contribution < 1.29 is 125 Å². The number of hydrogen-bond donors (Lipinski definition) is 4. The van der Waals surface area contributed by atoms with Crippen molar-refractivity contribution in [3.05, 3.63) is 365 Å². The van der Waals surface area contributed by atoms with Crippen molar-refractivity contribution in [1.82, 2.24) is 60.3 Å². The van der Waals surface area contributed by atoms with Crippen LogP contribution in [0.25, 0.3) is 45.6 Å². The molecule has 0 fully saturated rings. The summed E-state index contributed by atoms with van der Waals surface area (Å²) in [4.78, 5) is 99.1. The topological polar surface area (TPSA) is 935 Å². The molecule has 0 atom stereocenters. The van der Waals surface area contributed by atoms with Crippen LogP contribution in [-0.2, 0) is 79.2 Å². The number of amidine groups is 4. The Morgan fingerprint density at radius 1 is 0.225 bits per heavy atom. The van der Waals surface area contributed by atoms with E-state index < -0.39 is 40.7 Å². The Balaban J connectivity index is -0.000000155. The molecule has 0 bridgehead atoms. The normalized spacial score (nSPS) is 9.08. The first-order valence-electron chi connectivity index (χ1n) is 26.1. The van der Waals surface area contributed by atoms with Crippen LogP contribution in [0.5, 0.6) is 0 Å². The van der Waals surface area contributed by atoms with E-state index in [-0.39, 0.29) is 108 Å². The quantitative estimate of drug-likeness (QED) is 0.0377. The molecule has 10 aromatic heterocycles. The summed E-state index contributed by atoms with van der Waals surface area (Å²) in [5.74, 6) is 0.813. The Morgan fingerprint density at radius 3 is 0.450 bits per heavy atom. The fourth-order valence-corrected chi connectivity index (χ4v) is 5.75.